The van der Waals surface area contributed by atoms with E-state index in [1.807, 2.05) is 31.9 Å². The van der Waals surface area contributed by atoms with E-state index in [1.165, 1.54) is 16.5 Å². The number of hydrogen-bond donors (Lipinski definition) is 2. The lowest BCUT2D eigenvalue weighted by Crippen LogP contribution is -2.50. The van der Waals surface area contributed by atoms with Crippen LogP contribution >= 0.6 is 0 Å². The number of nitrogens with one attached hydrogen (secondary N) is 2. The van der Waals surface area contributed by atoms with Gasteiger partial charge in [0, 0.05) is 36.9 Å². The summed E-state index contributed by atoms with van der Waals surface area (Å²) in [6.45, 7) is 9.42. The van der Waals surface area contributed by atoms with Gasteiger partial charge in [-0.3, -0.25) is 0 Å². The number of ether oxygens (including phenoxy) is 1. The van der Waals surface area contributed by atoms with Crippen molar-refractivity contribution in [1.82, 2.24) is 15.2 Å². The fourth-order valence-electron chi connectivity index (χ4n) is 3.42. The Labute approximate surface area is 149 Å². The highest BCUT2D eigenvalue weighted by Gasteiger charge is 2.31. The second kappa shape index (κ2) is 7.08. The van der Waals surface area contributed by atoms with Gasteiger partial charge in [0.25, 0.3) is 0 Å². The number of H-pyrrole nitrogens is 1. The van der Waals surface area contributed by atoms with Crippen molar-refractivity contribution in [3.8, 4) is 0 Å². The fraction of sp³-hybridized carbons (Fsp3) is 0.550. The Morgan fingerprint density at radius 1 is 1.36 bits per heavy atom. The molecule has 0 aliphatic carbocycles. The Morgan fingerprint density at radius 3 is 2.88 bits per heavy atom. The number of benzene rings is 1. The Balaban J connectivity index is 1.51. The van der Waals surface area contributed by atoms with Crippen LogP contribution in [0.4, 0.5) is 4.79 Å². The third kappa shape index (κ3) is 4.54. The number of carbonyl (C=O) groups excluding carboxylic acids is 1. The molecular formula is C20H29N3O2. The molecular weight excluding hydrogens is 314 g/mol. The molecule has 136 valence electrons. The minimum absolute atomic E-state index is 0.188. The molecule has 2 atom stereocenters. The van der Waals surface area contributed by atoms with Crippen LogP contribution in [0.5, 0.6) is 0 Å². The molecule has 2 aromatic rings. The molecule has 25 heavy (non-hydrogen) atoms. The van der Waals surface area contributed by atoms with Crippen LogP contribution in [-0.4, -0.2) is 40.2 Å². The first kappa shape index (κ1) is 17.8. The zero-order valence-corrected chi connectivity index (χ0v) is 15.6. The zero-order valence-electron chi connectivity index (χ0n) is 15.6. The van der Waals surface area contributed by atoms with E-state index in [4.69, 9.17) is 4.74 Å². The first-order chi connectivity index (χ1) is 11.8. The lowest BCUT2D eigenvalue weighted by atomic mass is 9.98. The molecule has 5 nitrogen and oxygen atoms in total. The molecule has 0 bridgehead atoms. The molecule has 1 fully saturated rings. The van der Waals surface area contributed by atoms with Gasteiger partial charge in [0.05, 0.1) is 0 Å². The van der Waals surface area contributed by atoms with Crippen molar-refractivity contribution in [3.63, 3.8) is 0 Å². The average Bonchev–Trinajstić information content (AvgIpc) is 2.98. The number of likely N-dealkylation sites (tertiary alicyclic amines) is 1. The minimum atomic E-state index is -0.442. The SMILES string of the molecule is CC1CC(NCc2ccc3[nH]ccc3c2)CCN1C(=O)OC(C)(C)C. The zero-order chi connectivity index (χ0) is 18.0. The summed E-state index contributed by atoms with van der Waals surface area (Å²) >= 11 is 0. The molecule has 0 spiro atoms. The molecule has 2 N–H and O–H groups in total. The first-order valence-electron chi connectivity index (χ1n) is 9.11. The number of amides is 1. The number of nitrogens with zero attached hydrogens (tertiary/aromatic N) is 1. The van der Waals surface area contributed by atoms with Gasteiger partial charge in [-0.25, -0.2) is 4.79 Å². The largest absolute Gasteiger partial charge is 0.444 e. The number of aromatic amines is 1. The summed E-state index contributed by atoms with van der Waals surface area (Å²) in [5, 5.41) is 4.89. The van der Waals surface area contributed by atoms with Crippen LogP contribution in [0.3, 0.4) is 0 Å². The van der Waals surface area contributed by atoms with Crippen LogP contribution in [0.25, 0.3) is 10.9 Å². The van der Waals surface area contributed by atoms with Crippen LogP contribution in [0, 0.1) is 0 Å². The van der Waals surface area contributed by atoms with Gasteiger partial charge in [-0.05, 0) is 69.7 Å². The highest BCUT2D eigenvalue weighted by atomic mass is 16.6. The fourth-order valence-corrected chi connectivity index (χ4v) is 3.42. The van der Waals surface area contributed by atoms with Gasteiger partial charge < -0.3 is 19.9 Å². The van der Waals surface area contributed by atoms with E-state index >= 15 is 0 Å². The minimum Gasteiger partial charge on any atom is -0.444 e. The molecule has 1 amide bonds. The van der Waals surface area contributed by atoms with E-state index < -0.39 is 5.60 Å². The second-order valence-electron chi connectivity index (χ2n) is 8.02. The Morgan fingerprint density at radius 2 is 2.16 bits per heavy atom. The van der Waals surface area contributed by atoms with Gasteiger partial charge in [-0.1, -0.05) is 6.07 Å². The topological polar surface area (TPSA) is 57.4 Å². The highest BCUT2D eigenvalue weighted by molar-refractivity contribution is 5.79. The molecule has 0 radical (unpaired) electrons. The maximum absolute atomic E-state index is 12.3. The lowest BCUT2D eigenvalue weighted by Gasteiger charge is -2.38. The molecule has 1 aromatic carbocycles. The normalized spacial score (nSPS) is 21.5. The van der Waals surface area contributed by atoms with Gasteiger partial charge in [0.15, 0.2) is 0 Å². The molecule has 0 saturated carbocycles. The maximum atomic E-state index is 12.3. The average molecular weight is 343 g/mol. The van der Waals surface area contributed by atoms with Crippen LogP contribution in [-0.2, 0) is 11.3 Å². The van der Waals surface area contributed by atoms with Gasteiger partial charge in [0.1, 0.15) is 5.60 Å². The summed E-state index contributed by atoms with van der Waals surface area (Å²) in [6, 6.07) is 9.22. The Hall–Kier alpha value is -2.01. The third-order valence-electron chi connectivity index (χ3n) is 4.72. The Kier molecular flexibility index (Phi) is 5.04. The van der Waals surface area contributed by atoms with Crippen LogP contribution < -0.4 is 5.32 Å². The Bertz CT molecular complexity index is 732. The quantitative estimate of drug-likeness (QED) is 0.884. The molecule has 2 unspecified atom stereocenters. The van der Waals surface area contributed by atoms with Gasteiger partial charge in [0.2, 0.25) is 0 Å². The van der Waals surface area contributed by atoms with E-state index in [1.54, 1.807) is 0 Å². The highest BCUT2D eigenvalue weighted by Crippen LogP contribution is 2.21. The number of piperidine rings is 1. The summed E-state index contributed by atoms with van der Waals surface area (Å²) in [5.41, 5.74) is 2.01. The van der Waals surface area contributed by atoms with Crippen molar-refractivity contribution in [3.05, 3.63) is 36.0 Å². The van der Waals surface area contributed by atoms with E-state index in [-0.39, 0.29) is 12.1 Å². The van der Waals surface area contributed by atoms with Crippen molar-refractivity contribution < 1.29 is 9.53 Å². The van der Waals surface area contributed by atoms with Crippen LogP contribution in [0.1, 0.15) is 46.1 Å². The third-order valence-corrected chi connectivity index (χ3v) is 4.72. The molecule has 1 aliphatic rings. The number of rotatable bonds is 3. The maximum Gasteiger partial charge on any atom is 0.410 e. The van der Waals surface area contributed by atoms with Crippen molar-refractivity contribution in [1.29, 1.82) is 0 Å². The summed E-state index contributed by atoms with van der Waals surface area (Å²) in [6.07, 6.45) is 3.67. The van der Waals surface area contributed by atoms with Crippen molar-refractivity contribution in [2.75, 3.05) is 6.54 Å². The van der Waals surface area contributed by atoms with Gasteiger partial charge >= 0.3 is 6.09 Å². The molecule has 5 heteroatoms. The van der Waals surface area contributed by atoms with Crippen molar-refractivity contribution >= 4 is 17.0 Å². The molecule has 1 saturated heterocycles. The predicted octanol–water partition coefficient (Wildman–Crippen LogP) is 4.05. The van der Waals surface area contributed by atoms with E-state index in [0.717, 1.165) is 25.9 Å². The molecule has 1 aromatic heterocycles. The first-order valence-corrected chi connectivity index (χ1v) is 9.11. The monoisotopic (exact) mass is 343 g/mol. The smallest absolute Gasteiger partial charge is 0.410 e. The summed E-state index contributed by atoms with van der Waals surface area (Å²) in [5.74, 6) is 0. The summed E-state index contributed by atoms with van der Waals surface area (Å²) < 4.78 is 5.51. The van der Waals surface area contributed by atoms with Gasteiger partial charge in [-0.15, -0.1) is 0 Å². The van der Waals surface area contributed by atoms with Crippen molar-refractivity contribution in [2.45, 2.75) is 64.8 Å². The van der Waals surface area contributed by atoms with Gasteiger partial charge in [-0.2, -0.15) is 0 Å². The van der Waals surface area contributed by atoms with E-state index in [9.17, 15) is 4.79 Å². The van der Waals surface area contributed by atoms with Crippen LogP contribution in [0.2, 0.25) is 0 Å². The summed E-state index contributed by atoms with van der Waals surface area (Å²) in [4.78, 5) is 17.4. The predicted molar refractivity (Wildman–Crippen MR) is 101 cm³/mol. The van der Waals surface area contributed by atoms with E-state index in [2.05, 4.69) is 41.5 Å². The molecule has 2 heterocycles. The number of fused-ring (bicyclic) bond motifs is 1. The molecule has 1 aliphatic heterocycles. The summed E-state index contributed by atoms with van der Waals surface area (Å²) in [7, 11) is 0. The van der Waals surface area contributed by atoms with Crippen molar-refractivity contribution in [2.24, 2.45) is 0 Å². The number of aromatic nitrogens is 1. The standard InChI is InChI=1S/C20H29N3O2/c1-14-11-17(8-10-23(14)19(24)25-20(2,3)4)22-13-15-5-6-18-16(12-15)7-9-21-18/h5-7,9,12,14,17,21-22H,8,10-11,13H2,1-4H3. The molecule has 3 rings (SSSR count). The number of carbonyl (C=O) groups is 1. The van der Waals surface area contributed by atoms with E-state index in [0.29, 0.717) is 6.04 Å². The lowest BCUT2D eigenvalue weighted by molar-refractivity contribution is 0.00932. The number of hydrogen-bond acceptors (Lipinski definition) is 3. The van der Waals surface area contributed by atoms with Crippen LogP contribution in [0.15, 0.2) is 30.5 Å². The second-order valence-corrected chi connectivity index (χ2v) is 8.02.